The van der Waals surface area contributed by atoms with E-state index in [1.54, 1.807) is 0 Å². The summed E-state index contributed by atoms with van der Waals surface area (Å²) in [6.07, 6.45) is 5.65. The van der Waals surface area contributed by atoms with Gasteiger partial charge in [0.2, 0.25) is 0 Å². The van der Waals surface area contributed by atoms with Crippen molar-refractivity contribution in [3.63, 3.8) is 0 Å². The number of hydrogen-bond acceptors (Lipinski definition) is 2. The highest BCUT2D eigenvalue weighted by Crippen LogP contribution is 2.36. The molecule has 0 amide bonds. The Morgan fingerprint density at radius 3 is 2.17 bits per heavy atom. The molecule has 0 aromatic heterocycles. The lowest BCUT2D eigenvalue weighted by Crippen LogP contribution is -2.28. The second-order valence-electron chi connectivity index (χ2n) is 6.06. The van der Waals surface area contributed by atoms with E-state index in [9.17, 15) is 5.11 Å². The summed E-state index contributed by atoms with van der Waals surface area (Å²) in [4.78, 5) is 2.57. The molecule has 0 atom stereocenters. The Hall–Kier alpha value is -1.02. The van der Waals surface area contributed by atoms with Gasteiger partial charge in [0.25, 0.3) is 0 Å². The minimum atomic E-state index is 0.150. The van der Waals surface area contributed by atoms with Gasteiger partial charge >= 0.3 is 0 Å². The maximum atomic E-state index is 9.25. The Balaban J connectivity index is 1.76. The normalized spacial score (nSPS) is 19.0. The number of nitrogens with zero attached hydrogens (tertiary/aromatic N) is 1. The van der Waals surface area contributed by atoms with Crippen LogP contribution < -0.4 is 4.90 Å². The first-order valence-corrected chi connectivity index (χ1v) is 7.21. The predicted molar refractivity (Wildman–Crippen MR) is 74.8 cm³/mol. The fourth-order valence-corrected chi connectivity index (χ4v) is 2.56. The number of aliphatic hydroxyl groups excluding tert-OH is 1. The Morgan fingerprint density at radius 2 is 1.72 bits per heavy atom. The van der Waals surface area contributed by atoms with Crippen LogP contribution in [0.2, 0.25) is 0 Å². The highest BCUT2D eigenvalue weighted by Gasteiger charge is 2.29. The summed E-state index contributed by atoms with van der Waals surface area (Å²) in [5, 5.41) is 9.25. The van der Waals surface area contributed by atoms with E-state index in [0.29, 0.717) is 0 Å². The van der Waals surface area contributed by atoms with Crippen molar-refractivity contribution >= 4 is 5.69 Å². The molecular weight excluding hydrogens is 222 g/mol. The molecule has 1 aromatic rings. The summed E-state index contributed by atoms with van der Waals surface area (Å²) in [6, 6.07) is 6.51. The number of rotatable bonds is 6. The molecule has 2 aliphatic carbocycles. The van der Waals surface area contributed by atoms with Crippen molar-refractivity contribution in [2.75, 3.05) is 18.0 Å². The first-order chi connectivity index (χ1) is 8.76. The van der Waals surface area contributed by atoms with Gasteiger partial charge in [-0.15, -0.1) is 0 Å². The quantitative estimate of drug-likeness (QED) is 0.832. The number of aryl methyl sites for hydroxylation is 1. The van der Waals surface area contributed by atoms with Crippen molar-refractivity contribution in [2.45, 2.75) is 39.2 Å². The monoisotopic (exact) mass is 245 g/mol. The van der Waals surface area contributed by atoms with Gasteiger partial charge in [-0.25, -0.2) is 0 Å². The van der Waals surface area contributed by atoms with Crippen molar-refractivity contribution in [3.8, 4) is 0 Å². The van der Waals surface area contributed by atoms with E-state index in [2.05, 4.69) is 30.0 Å². The zero-order valence-corrected chi connectivity index (χ0v) is 11.2. The molecule has 0 bridgehead atoms. The standard InChI is InChI=1S/C16H23NO/c1-12-8-16(7-6-15(12)11-18)17(9-13-2-3-13)10-14-4-5-14/h6-8,13-14,18H,2-5,9-11H2,1H3. The van der Waals surface area contributed by atoms with Gasteiger partial charge in [0, 0.05) is 18.8 Å². The third-order valence-corrected chi connectivity index (χ3v) is 4.21. The number of aliphatic hydroxyl groups is 1. The third-order valence-electron chi connectivity index (χ3n) is 4.21. The Kier molecular flexibility index (Phi) is 3.29. The average Bonchev–Trinajstić information content (AvgIpc) is 3.23. The number of anilines is 1. The maximum Gasteiger partial charge on any atom is 0.0684 e. The van der Waals surface area contributed by atoms with Crippen LogP contribution in [0.1, 0.15) is 36.8 Å². The van der Waals surface area contributed by atoms with E-state index in [0.717, 1.165) is 17.4 Å². The summed E-state index contributed by atoms with van der Waals surface area (Å²) in [6.45, 7) is 4.71. The Labute approximate surface area is 110 Å². The summed E-state index contributed by atoms with van der Waals surface area (Å²) in [5.41, 5.74) is 3.62. The zero-order valence-electron chi connectivity index (χ0n) is 11.2. The molecule has 0 heterocycles. The lowest BCUT2D eigenvalue weighted by Gasteiger charge is -2.25. The van der Waals surface area contributed by atoms with Crippen LogP contribution in [0.3, 0.4) is 0 Å². The molecule has 98 valence electrons. The fourth-order valence-electron chi connectivity index (χ4n) is 2.56. The predicted octanol–water partition coefficient (Wildman–Crippen LogP) is 3.11. The molecule has 1 aromatic carbocycles. The first kappa shape index (κ1) is 12.0. The second kappa shape index (κ2) is 4.93. The van der Waals surface area contributed by atoms with Crippen LogP contribution in [0.25, 0.3) is 0 Å². The first-order valence-electron chi connectivity index (χ1n) is 7.21. The lowest BCUT2D eigenvalue weighted by molar-refractivity contribution is 0.281. The minimum absolute atomic E-state index is 0.150. The van der Waals surface area contributed by atoms with Gasteiger partial charge in [0.15, 0.2) is 0 Å². The van der Waals surface area contributed by atoms with Crippen molar-refractivity contribution in [3.05, 3.63) is 29.3 Å². The van der Waals surface area contributed by atoms with Crippen molar-refractivity contribution < 1.29 is 5.11 Å². The Morgan fingerprint density at radius 1 is 1.11 bits per heavy atom. The molecule has 2 heteroatoms. The molecule has 0 radical (unpaired) electrons. The van der Waals surface area contributed by atoms with Crippen LogP contribution in [0.15, 0.2) is 18.2 Å². The minimum Gasteiger partial charge on any atom is -0.392 e. The van der Waals surface area contributed by atoms with E-state index in [4.69, 9.17) is 0 Å². The van der Waals surface area contributed by atoms with Crippen molar-refractivity contribution in [1.82, 2.24) is 0 Å². The van der Waals surface area contributed by atoms with Gasteiger partial charge < -0.3 is 10.0 Å². The Bertz CT molecular complexity index is 407. The SMILES string of the molecule is Cc1cc(N(CC2CC2)CC2CC2)ccc1CO. The second-order valence-corrected chi connectivity index (χ2v) is 6.06. The number of hydrogen-bond donors (Lipinski definition) is 1. The van der Waals surface area contributed by atoms with E-state index in [1.165, 1.54) is 50.0 Å². The van der Waals surface area contributed by atoms with Crippen LogP contribution >= 0.6 is 0 Å². The molecule has 1 N–H and O–H groups in total. The molecule has 2 aliphatic rings. The van der Waals surface area contributed by atoms with Crippen molar-refractivity contribution in [2.24, 2.45) is 11.8 Å². The van der Waals surface area contributed by atoms with Gasteiger partial charge in [-0.1, -0.05) is 6.07 Å². The van der Waals surface area contributed by atoms with Gasteiger partial charge in [-0.3, -0.25) is 0 Å². The average molecular weight is 245 g/mol. The van der Waals surface area contributed by atoms with Crippen LogP contribution in [0.5, 0.6) is 0 Å². The van der Waals surface area contributed by atoms with Crippen LogP contribution in [0, 0.1) is 18.8 Å². The van der Waals surface area contributed by atoms with Crippen LogP contribution in [-0.4, -0.2) is 18.2 Å². The highest BCUT2D eigenvalue weighted by molar-refractivity contribution is 5.51. The van der Waals surface area contributed by atoms with Crippen LogP contribution in [0.4, 0.5) is 5.69 Å². The summed E-state index contributed by atoms with van der Waals surface area (Å²) >= 11 is 0. The van der Waals surface area contributed by atoms with E-state index < -0.39 is 0 Å². The van der Waals surface area contributed by atoms with Gasteiger partial charge in [-0.2, -0.15) is 0 Å². The lowest BCUT2D eigenvalue weighted by atomic mass is 10.1. The zero-order chi connectivity index (χ0) is 12.5. The molecule has 2 fully saturated rings. The summed E-state index contributed by atoms with van der Waals surface area (Å²) < 4.78 is 0. The van der Waals surface area contributed by atoms with E-state index in [1.807, 2.05) is 0 Å². The molecule has 2 saturated carbocycles. The highest BCUT2D eigenvalue weighted by atomic mass is 16.3. The molecule has 2 nitrogen and oxygen atoms in total. The number of benzene rings is 1. The smallest absolute Gasteiger partial charge is 0.0684 e. The molecule has 0 aliphatic heterocycles. The summed E-state index contributed by atoms with van der Waals surface area (Å²) in [5.74, 6) is 1.86. The molecule has 0 saturated heterocycles. The molecule has 3 rings (SSSR count). The fraction of sp³-hybridized carbons (Fsp3) is 0.625. The largest absolute Gasteiger partial charge is 0.392 e. The third kappa shape index (κ3) is 2.86. The molecule has 18 heavy (non-hydrogen) atoms. The maximum absolute atomic E-state index is 9.25. The van der Waals surface area contributed by atoms with Crippen LogP contribution in [-0.2, 0) is 6.61 Å². The van der Waals surface area contributed by atoms with Gasteiger partial charge in [0.05, 0.1) is 6.61 Å². The van der Waals surface area contributed by atoms with E-state index in [-0.39, 0.29) is 6.61 Å². The molecule has 0 unspecified atom stereocenters. The van der Waals surface area contributed by atoms with Gasteiger partial charge in [0.1, 0.15) is 0 Å². The van der Waals surface area contributed by atoms with Gasteiger partial charge in [-0.05, 0) is 67.7 Å². The topological polar surface area (TPSA) is 23.5 Å². The van der Waals surface area contributed by atoms with Crippen molar-refractivity contribution in [1.29, 1.82) is 0 Å². The molecular formula is C16H23NO. The van der Waals surface area contributed by atoms with E-state index >= 15 is 0 Å². The summed E-state index contributed by atoms with van der Waals surface area (Å²) in [7, 11) is 0. The molecule has 0 spiro atoms.